The van der Waals surface area contributed by atoms with Crippen molar-refractivity contribution in [1.29, 1.82) is 0 Å². The van der Waals surface area contributed by atoms with Crippen molar-refractivity contribution in [3.8, 4) is 16.9 Å². The predicted octanol–water partition coefficient (Wildman–Crippen LogP) is 3.95. The van der Waals surface area contributed by atoms with Crippen LogP contribution in [0.4, 0.5) is 4.39 Å². The van der Waals surface area contributed by atoms with E-state index in [4.69, 9.17) is 4.74 Å². The summed E-state index contributed by atoms with van der Waals surface area (Å²) in [6.45, 7) is 2.06. The molecule has 0 amide bonds. The van der Waals surface area contributed by atoms with Gasteiger partial charge in [0.25, 0.3) is 0 Å². The maximum Gasteiger partial charge on any atom is 0.359 e. The van der Waals surface area contributed by atoms with Crippen LogP contribution in [0, 0.1) is 5.82 Å². The highest BCUT2D eigenvalue weighted by Crippen LogP contribution is 2.37. The number of esters is 1. The molecule has 1 aliphatic rings. The molecule has 0 unspecified atom stereocenters. The first-order valence-electron chi connectivity index (χ1n) is 8.32. The second-order valence-electron chi connectivity index (χ2n) is 5.95. The molecule has 1 heterocycles. The first-order valence-corrected chi connectivity index (χ1v) is 8.32. The number of carbonyl (C=O) groups is 1. The summed E-state index contributed by atoms with van der Waals surface area (Å²) in [5, 5.41) is 4.53. The summed E-state index contributed by atoms with van der Waals surface area (Å²) in [6.07, 6.45) is 1.42. The minimum absolute atomic E-state index is 0.289. The number of hydrogen-bond acceptors (Lipinski definition) is 3. The van der Waals surface area contributed by atoms with Crippen molar-refractivity contribution in [3.63, 3.8) is 0 Å². The standard InChI is InChI=1S/C20H17FN2O2/c1-2-25-20(24)18-16-11-9-13-8-10-14(21)12-17(13)19(16)23(22-18)15-6-4-3-5-7-15/h3-8,10,12H,2,9,11H2,1H3. The Morgan fingerprint density at radius 2 is 2.00 bits per heavy atom. The molecule has 0 bridgehead atoms. The van der Waals surface area contributed by atoms with Crippen LogP contribution < -0.4 is 0 Å². The third-order valence-electron chi connectivity index (χ3n) is 4.42. The molecule has 2 aromatic carbocycles. The lowest BCUT2D eigenvalue weighted by atomic mass is 9.88. The minimum Gasteiger partial charge on any atom is -0.461 e. The van der Waals surface area contributed by atoms with Crippen LogP contribution in [-0.4, -0.2) is 22.4 Å². The monoisotopic (exact) mass is 336 g/mol. The van der Waals surface area contributed by atoms with Gasteiger partial charge in [-0.1, -0.05) is 24.3 Å². The third-order valence-corrected chi connectivity index (χ3v) is 4.42. The summed E-state index contributed by atoms with van der Waals surface area (Å²) < 4.78 is 20.8. The topological polar surface area (TPSA) is 44.1 Å². The number of ether oxygens (including phenoxy) is 1. The number of benzene rings is 2. The van der Waals surface area contributed by atoms with Crippen molar-refractivity contribution in [3.05, 3.63) is 71.2 Å². The van der Waals surface area contributed by atoms with Crippen molar-refractivity contribution in [2.45, 2.75) is 19.8 Å². The number of nitrogens with zero attached hydrogens (tertiary/aromatic N) is 2. The van der Waals surface area contributed by atoms with E-state index in [0.29, 0.717) is 12.1 Å². The zero-order valence-electron chi connectivity index (χ0n) is 13.8. The maximum absolute atomic E-state index is 13.9. The van der Waals surface area contributed by atoms with Crippen LogP contribution in [-0.2, 0) is 17.6 Å². The fourth-order valence-corrected chi connectivity index (χ4v) is 3.33. The quantitative estimate of drug-likeness (QED) is 0.680. The number of hydrogen-bond donors (Lipinski definition) is 0. The second-order valence-corrected chi connectivity index (χ2v) is 5.95. The van der Waals surface area contributed by atoms with E-state index in [0.717, 1.165) is 34.5 Å². The van der Waals surface area contributed by atoms with E-state index in [9.17, 15) is 9.18 Å². The van der Waals surface area contributed by atoms with Gasteiger partial charge in [0.2, 0.25) is 0 Å². The molecular formula is C20H17FN2O2. The number of halogens is 1. The Kier molecular flexibility index (Phi) is 3.84. The lowest BCUT2D eigenvalue weighted by Crippen LogP contribution is -2.11. The molecule has 4 nitrogen and oxygen atoms in total. The highest BCUT2D eigenvalue weighted by Gasteiger charge is 2.29. The smallest absolute Gasteiger partial charge is 0.359 e. The van der Waals surface area contributed by atoms with Crippen LogP contribution in [0.1, 0.15) is 28.5 Å². The molecule has 5 heteroatoms. The van der Waals surface area contributed by atoms with E-state index < -0.39 is 5.97 Å². The lowest BCUT2D eigenvalue weighted by Gasteiger charge is -2.18. The zero-order valence-corrected chi connectivity index (χ0v) is 13.8. The molecular weight excluding hydrogens is 319 g/mol. The maximum atomic E-state index is 13.9. The third kappa shape index (κ3) is 2.61. The molecule has 25 heavy (non-hydrogen) atoms. The number of rotatable bonds is 3. The van der Waals surface area contributed by atoms with E-state index >= 15 is 0 Å². The Morgan fingerprint density at radius 3 is 2.76 bits per heavy atom. The average Bonchev–Trinajstić information content (AvgIpc) is 3.03. The SMILES string of the molecule is CCOC(=O)c1nn(-c2ccccc2)c2c1CCc1ccc(F)cc1-2. The van der Waals surface area contributed by atoms with E-state index in [1.54, 1.807) is 17.7 Å². The van der Waals surface area contributed by atoms with Crippen LogP contribution >= 0.6 is 0 Å². The molecule has 0 radical (unpaired) electrons. The Balaban J connectivity index is 1.98. The van der Waals surface area contributed by atoms with Gasteiger partial charge >= 0.3 is 5.97 Å². The van der Waals surface area contributed by atoms with Crippen LogP contribution in [0.2, 0.25) is 0 Å². The first-order chi connectivity index (χ1) is 12.2. The fourth-order valence-electron chi connectivity index (χ4n) is 3.33. The molecule has 0 N–H and O–H groups in total. The van der Waals surface area contributed by atoms with Gasteiger partial charge in [0.05, 0.1) is 18.0 Å². The molecule has 0 fully saturated rings. The molecule has 0 saturated heterocycles. The number of aryl methyl sites for hydroxylation is 1. The number of carbonyl (C=O) groups excluding carboxylic acids is 1. The molecule has 126 valence electrons. The first kappa shape index (κ1) is 15.6. The van der Waals surface area contributed by atoms with Gasteiger partial charge in [-0.3, -0.25) is 0 Å². The van der Waals surface area contributed by atoms with Crippen LogP contribution in [0.15, 0.2) is 48.5 Å². The Hall–Kier alpha value is -2.95. The van der Waals surface area contributed by atoms with Gasteiger partial charge in [0.15, 0.2) is 5.69 Å². The van der Waals surface area contributed by atoms with E-state index in [2.05, 4.69) is 5.10 Å². The van der Waals surface area contributed by atoms with Gasteiger partial charge in [-0.25, -0.2) is 13.9 Å². The number of aromatic nitrogens is 2. The molecule has 0 saturated carbocycles. The molecule has 0 spiro atoms. The van der Waals surface area contributed by atoms with E-state index in [1.807, 2.05) is 30.3 Å². The van der Waals surface area contributed by atoms with Crippen molar-refractivity contribution in [1.82, 2.24) is 9.78 Å². The van der Waals surface area contributed by atoms with Crippen LogP contribution in [0.5, 0.6) is 0 Å². The Bertz CT molecular complexity index is 948. The fraction of sp³-hybridized carbons (Fsp3) is 0.200. The van der Waals surface area contributed by atoms with Gasteiger partial charge in [-0.2, -0.15) is 5.10 Å². The van der Waals surface area contributed by atoms with Crippen molar-refractivity contribution in [2.75, 3.05) is 6.61 Å². The molecule has 1 aromatic heterocycles. The Labute approximate surface area is 144 Å². The Morgan fingerprint density at radius 1 is 1.20 bits per heavy atom. The van der Waals surface area contributed by atoms with Crippen molar-refractivity contribution in [2.24, 2.45) is 0 Å². The summed E-state index contributed by atoms with van der Waals surface area (Å²) in [5.74, 6) is -0.738. The highest BCUT2D eigenvalue weighted by atomic mass is 19.1. The summed E-state index contributed by atoms with van der Waals surface area (Å²) in [7, 11) is 0. The van der Waals surface area contributed by atoms with Gasteiger partial charge in [-0.15, -0.1) is 0 Å². The largest absolute Gasteiger partial charge is 0.461 e. The number of para-hydroxylation sites is 1. The normalized spacial score (nSPS) is 12.4. The summed E-state index contributed by atoms with van der Waals surface area (Å²) in [6, 6.07) is 14.3. The van der Waals surface area contributed by atoms with Gasteiger partial charge in [-0.05, 0) is 49.6 Å². The zero-order chi connectivity index (χ0) is 17.4. The van der Waals surface area contributed by atoms with E-state index in [1.165, 1.54) is 12.1 Å². The highest BCUT2D eigenvalue weighted by molar-refractivity contribution is 5.92. The molecule has 1 aliphatic carbocycles. The molecule has 0 aliphatic heterocycles. The minimum atomic E-state index is -0.437. The van der Waals surface area contributed by atoms with Crippen LogP contribution in [0.3, 0.4) is 0 Å². The summed E-state index contributed by atoms with van der Waals surface area (Å²) >= 11 is 0. The number of fused-ring (bicyclic) bond motifs is 3. The van der Waals surface area contributed by atoms with E-state index in [-0.39, 0.29) is 12.4 Å². The molecule has 0 atom stereocenters. The lowest BCUT2D eigenvalue weighted by molar-refractivity contribution is 0.0517. The molecule has 3 aromatic rings. The van der Waals surface area contributed by atoms with Crippen molar-refractivity contribution < 1.29 is 13.9 Å². The second kappa shape index (κ2) is 6.16. The van der Waals surface area contributed by atoms with Gasteiger partial charge in [0.1, 0.15) is 5.82 Å². The van der Waals surface area contributed by atoms with Crippen molar-refractivity contribution >= 4 is 5.97 Å². The average molecular weight is 336 g/mol. The van der Waals surface area contributed by atoms with Crippen LogP contribution in [0.25, 0.3) is 16.9 Å². The van der Waals surface area contributed by atoms with Gasteiger partial charge in [0, 0.05) is 11.1 Å². The summed E-state index contributed by atoms with van der Waals surface area (Å²) in [4.78, 5) is 12.4. The molecule has 4 rings (SSSR count). The summed E-state index contributed by atoms with van der Waals surface area (Å²) in [5.41, 5.74) is 4.58. The predicted molar refractivity (Wildman–Crippen MR) is 92.3 cm³/mol. The van der Waals surface area contributed by atoms with Gasteiger partial charge < -0.3 is 4.74 Å².